The highest BCUT2D eigenvalue weighted by Gasteiger charge is 2.56. The predicted molar refractivity (Wildman–Crippen MR) is 205 cm³/mol. The van der Waals surface area contributed by atoms with Gasteiger partial charge in [-0.2, -0.15) is 22.0 Å². The number of carbonyl (C=O) groups is 2. The molecule has 12 nitrogen and oxygen atoms in total. The summed E-state index contributed by atoms with van der Waals surface area (Å²) in [7, 11) is 0.908. The van der Waals surface area contributed by atoms with Crippen molar-refractivity contribution in [2.45, 2.75) is 57.7 Å². The Bertz CT molecular complexity index is 1990. The highest BCUT2D eigenvalue weighted by molar-refractivity contribution is 6.09. The van der Waals surface area contributed by atoms with E-state index < -0.39 is 78.6 Å². The first-order valence-corrected chi connectivity index (χ1v) is 18.1. The van der Waals surface area contributed by atoms with Gasteiger partial charge in [-0.3, -0.25) is 4.79 Å². The Kier molecular flexibility index (Phi) is 16.2. The molecule has 1 saturated heterocycles. The minimum absolute atomic E-state index is 0.154. The Morgan fingerprint density at radius 3 is 2.22 bits per heavy atom. The molecule has 0 saturated carbocycles. The Morgan fingerprint density at radius 2 is 1.66 bits per heavy atom. The number of aromatic nitrogens is 1. The lowest BCUT2D eigenvalue weighted by atomic mass is 9.82. The number of nitrogens with zero attached hydrogens (tertiary/aromatic N) is 3. The van der Waals surface area contributed by atoms with Gasteiger partial charge in [0.2, 0.25) is 5.91 Å². The number of nitrogens with one attached hydrogen (secondary N) is 3. The summed E-state index contributed by atoms with van der Waals surface area (Å²) in [6.45, 7) is 0.0706. The number of alkyl carbamates (subject to hydrolysis) is 1. The Labute approximate surface area is 336 Å². The van der Waals surface area contributed by atoms with Crippen molar-refractivity contribution in [3.05, 3.63) is 100 Å². The molecule has 318 valence electrons. The Balaban J connectivity index is 1.53. The standard InChI is InChI=1S/C40H44F7N7O5/c1-39(2,40(45,46)47)35(53-38(57)58-3)36(56)52-32(33(55)23-49-22-29-30(41)17-27(18-31(29)42)28(19-48)21-51-37(43)44)16-25-7-4-24(5-8-25)6-9-26-10-11-34(50-20-26)54-12-14-59-15-13-54/h4-5,7-8,10-11,17-21,32-33,35,37,49,55H,12-16,22-23,48H2,1-3H3,(H,52,56)(H,53,57)/t32-,33-,35+/m0/s1. The van der Waals surface area contributed by atoms with Gasteiger partial charge in [0.15, 0.2) is 0 Å². The number of allylic oxidation sites excluding steroid dienone is 1. The van der Waals surface area contributed by atoms with Crippen molar-refractivity contribution < 1.29 is 54.9 Å². The van der Waals surface area contributed by atoms with E-state index in [9.17, 15) is 36.6 Å². The van der Waals surface area contributed by atoms with E-state index in [2.05, 4.69) is 42.1 Å². The van der Waals surface area contributed by atoms with Crippen molar-refractivity contribution in [1.82, 2.24) is 20.9 Å². The van der Waals surface area contributed by atoms with Crippen LogP contribution in [-0.4, -0.2) is 99.2 Å². The molecule has 19 heteroatoms. The van der Waals surface area contributed by atoms with Gasteiger partial charge in [-0.25, -0.2) is 23.6 Å². The maximum Gasteiger partial charge on any atom is 0.407 e. The fourth-order valence-electron chi connectivity index (χ4n) is 5.80. The number of aliphatic imine (C=N–C) groups is 1. The van der Waals surface area contributed by atoms with Gasteiger partial charge in [-0.05, 0) is 67.8 Å². The first-order chi connectivity index (χ1) is 27.9. The van der Waals surface area contributed by atoms with Gasteiger partial charge < -0.3 is 41.2 Å². The first-order valence-electron chi connectivity index (χ1n) is 18.1. The number of aliphatic hydroxyl groups is 1. The number of ether oxygens (including phenoxy) is 2. The number of hydrogen-bond acceptors (Lipinski definition) is 10. The molecular formula is C40H44F7N7O5. The number of nitrogens with two attached hydrogens (primary N) is 1. The van der Waals surface area contributed by atoms with Crippen LogP contribution in [0.5, 0.6) is 0 Å². The minimum Gasteiger partial charge on any atom is -0.453 e. The number of anilines is 1. The molecule has 3 aromatic rings. The molecule has 0 unspecified atom stereocenters. The van der Waals surface area contributed by atoms with Gasteiger partial charge in [0, 0.05) is 67.1 Å². The molecule has 4 rings (SSSR count). The lowest BCUT2D eigenvalue weighted by molar-refractivity contribution is -0.220. The van der Waals surface area contributed by atoms with Crippen molar-refractivity contribution in [2.75, 3.05) is 44.9 Å². The van der Waals surface area contributed by atoms with Crippen LogP contribution in [0.1, 0.15) is 41.7 Å². The summed E-state index contributed by atoms with van der Waals surface area (Å²) in [6, 6.07) is 8.46. The highest BCUT2D eigenvalue weighted by atomic mass is 19.4. The van der Waals surface area contributed by atoms with Crippen molar-refractivity contribution in [1.29, 1.82) is 0 Å². The number of alkyl halides is 5. The zero-order valence-corrected chi connectivity index (χ0v) is 32.3. The summed E-state index contributed by atoms with van der Waals surface area (Å²) in [5.41, 5.74) is 3.50. The molecule has 1 aromatic heterocycles. The van der Waals surface area contributed by atoms with Gasteiger partial charge in [-0.15, -0.1) is 0 Å². The zero-order valence-electron chi connectivity index (χ0n) is 32.3. The Morgan fingerprint density at radius 1 is 1.03 bits per heavy atom. The number of morpholine rings is 1. The van der Waals surface area contributed by atoms with Crippen LogP contribution in [-0.2, 0) is 27.2 Å². The summed E-state index contributed by atoms with van der Waals surface area (Å²) < 4.78 is 107. The van der Waals surface area contributed by atoms with Crippen LogP contribution in [0, 0.1) is 28.9 Å². The van der Waals surface area contributed by atoms with E-state index in [1.165, 1.54) is 0 Å². The smallest absolute Gasteiger partial charge is 0.407 e. The quantitative estimate of drug-likeness (QED) is 0.0634. The van der Waals surface area contributed by atoms with E-state index in [0.717, 1.165) is 44.3 Å². The molecule has 2 aromatic carbocycles. The molecule has 0 radical (unpaired) electrons. The third-order valence-corrected chi connectivity index (χ3v) is 9.43. The molecule has 1 aliphatic heterocycles. The van der Waals surface area contributed by atoms with Crippen molar-refractivity contribution in [3.63, 3.8) is 0 Å². The first kappa shape index (κ1) is 46.0. The van der Waals surface area contributed by atoms with Crippen LogP contribution in [0.25, 0.3) is 5.57 Å². The van der Waals surface area contributed by atoms with Gasteiger partial charge in [0.05, 0.1) is 37.9 Å². The lowest BCUT2D eigenvalue weighted by Crippen LogP contribution is -2.62. The van der Waals surface area contributed by atoms with E-state index in [0.29, 0.717) is 50.0 Å². The highest BCUT2D eigenvalue weighted by Crippen LogP contribution is 2.40. The van der Waals surface area contributed by atoms with E-state index in [1.54, 1.807) is 30.5 Å². The monoisotopic (exact) mass is 835 g/mol. The number of methoxy groups -OCH3 is 1. The van der Waals surface area contributed by atoms with Crippen LogP contribution < -0.4 is 26.6 Å². The lowest BCUT2D eigenvalue weighted by Gasteiger charge is -2.36. The fraction of sp³-hybridized carbons (Fsp3) is 0.400. The molecule has 2 heterocycles. The largest absolute Gasteiger partial charge is 0.453 e. The van der Waals surface area contributed by atoms with Crippen LogP contribution >= 0.6 is 0 Å². The number of rotatable bonds is 15. The molecule has 2 amide bonds. The second kappa shape index (κ2) is 20.8. The summed E-state index contributed by atoms with van der Waals surface area (Å²) >= 11 is 0. The number of pyridine rings is 1. The van der Waals surface area contributed by atoms with E-state index in [4.69, 9.17) is 10.5 Å². The molecule has 0 spiro atoms. The third-order valence-electron chi connectivity index (χ3n) is 9.43. The van der Waals surface area contributed by atoms with E-state index in [-0.39, 0.29) is 17.6 Å². The SMILES string of the molecule is COC(=O)N[C@H](C(=O)N[C@@H](Cc1ccc(C#Cc2ccc(N3CCOCC3)nc2)cc1)[C@@H](O)CNCc1c(F)cc(C(C=NC(F)F)=CN)cc1F)C(C)(C)C(F)(F)F. The number of aliphatic hydroxyl groups excluding tert-OH is 1. The summed E-state index contributed by atoms with van der Waals surface area (Å²) in [6.07, 6.45) is -4.88. The minimum atomic E-state index is -4.98. The molecule has 0 aliphatic carbocycles. The third kappa shape index (κ3) is 12.9. The summed E-state index contributed by atoms with van der Waals surface area (Å²) in [5.74, 6) is 3.37. The zero-order chi connectivity index (χ0) is 43.3. The molecule has 3 atom stereocenters. The van der Waals surface area contributed by atoms with Crippen LogP contribution in [0.2, 0.25) is 0 Å². The average Bonchev–Trinajstić information content (AvgIpc) is 3.20. The van der Waals surface area contributed by atoms with E-state index in [1.807, 2.05) is 17.4 Å². The fourth-order valence-corrected chi connectivity index (χ4v) is 5.80. The summed E-state index contributed by atoms with van der Waals surface area (Å²) in [4.78, 5) is 35.1. The number of benzene rings is 2. The van der Waals surface area contributed by atoms with Crippen LogP contribution in [0.15, 0.2) is 65.9 Å². The summed E-state index contributed by atoms with van der Waals surface area (Å²) in [5, 5.41) is 18.3. The van der Waals surface area contributed by atoms with E-state index >= 15 is 8.78 Å². The Hall–Kier alpha value is -5.71. The molecule has 1 aliphatic rings. The van der Waals surface area contributed by atoms with Crippen LogP contribution in [0.3, 0.4) is 0 Å². The second-order valence-corrected chi connectivity index (χ2v) is 13.9. The number of carbonyl (C=O) groups excluding carboxylic acids is 2. The van der Waals surface area contributed by atoms with Crippen LogP contribution in [0.4, 0.5) is 41.3 Å². The molecule has 1 fully saturated rings. The van der Waals surface area contributed by atoms with Gasteiger partial charge in [0.25, 0.3) is 0 Å². The molecule has 6 N–H and O–H groups in total. The average molecular weight is 836 g/mol. The van der Waals surface area contributed by atoms with Crippen molar-refractivity contribution in [3.8, 4) is 11.8 Å². The normalized spacial score (nSPS) is 15.3. The number of hydrogen-bond donors (Lipinski definition) is 5. The maximum atomic E-state index is 15.0. The number of halogens is 7. The second-order valence-electron chi connectivity index (χ2n) is 13.9. The van der Waals surface area contributed by atoms with Gasteiger partial charge >= 0.3 is 18.8 Å². The molecular weight excluding hydrogens is 791 g/mol. The van der Waals surface area contributed by atoms with Gasteiger partial charge in [-0.1, -0.05) is 24.0 Å². The topological polar surface area (TPSA) is 163 Å². The van der Waals surface area contributed by atoms with Crippen molar-refractivity contribution >= 4 is 29.6 Å². The molecule has 59 heavy (non-hydrogen) atoms. The molecule has 0 bridgehead atoms. The number of amides is 2. The van der Waals surface area contributed by atoms with Gasteiger partial charge in [0.1, 0.15) is 23.5 Å². The van der Waals surface area contributed by atoms with Crippen molar-refractivity contribution in [2.24, 2.45) is 16.1 Å². The maximum absolute atomic E-state index is 15.0. The predicted octanol–water partition coefficient (Wildman–Crippen LogP) is 4.68.